The molecule has 0 saturated carbocycles. The predicted octanol–water partition coefficient (Wildman–Crippen LogP) is 1.21. The number of aromatic nitrogens is 2. The monoisotopic (exact) mass is 411 g/mol. The summed E-state index contributed by atoms with van der Waals surface area (Å²) in [5.74, 6) is -0.640. The third-order valence-corrected chi connectivity index (χ3v) is 4.86. The second kappa shape index (κ2) is 7.79. The molecule has 0 unspecified atom stereocenters. The molecule has 30 heavy (non-hydrogen) atoms. The second-order valence-electron chi connectivity index (χ2n) is 6.65. The highest BCUT2D eigenvalue weighted by Gasteiger charge is 2.23. The van der Waals surface area contributed by atoms with Crippen LogP contribution in [0.3, 0.4) is 0 Å². The molecule has 3 aromatic rings. The molecular weight excluding hydrogens is 394 g/mol. The molecule has 2 aromatic carbocycles. The summed E-state index contributed by atoms with van der Waals surface area (Å²) in [6.07, 6.45) is 0. The highest BCUT2D eigenvalue weighted by atomic mass is 16.6. The summed E-state index contributed by atoms with van der Waals surface area (Å²) in [6.45, 7) is 1.96. The fourth-order valence-electron chi connectivity index (χ4n) is 3.41. The quantitative estimate of drug-likeness (QED) is 0.431. The topological polar surface area (TPSA) is 150 Å². The Labute approximate surface area is 168 Å². The van der Waals surface area contributed by atoms with Crippen LogP contribution in [-0.4, -0.2) is 47.3 Å². The minimum atomic E-state index is -0.640. The van der Waals surface area contributed by atoms with Gasteiger partial charge in [0.15, 0.2) is 0 Å². The molecule has 0 radical (unpaired) electrons. The molecule has 1 aromatic heterocycles. The number of carbonyl (C=O) groups is 1. The van der Waals surface area contributed by atoms with Crippen LogP contribution >= 0.6 is 0 Å². The van der Waals surface area contributed by atoms with Gasteiger partial charge in [-0.25, -0.2) is 0 Å². The number of H-pyrrole nitrogens is 2. The predicted molar refractivity (Wildman–Crippen MR) is 109 cm³/mol. The van der Waals surface area contributed by atoms with E-state index in [1.807, 2.05) is 4.90 Å². The highest BCUT2D eigenvalue weighted by Crippen LogP contribution is 2.30. The zero-order chi connectivity index (χ0) is 21.3. The molecule has 11 nitrogen and oxygen atoms in total. The first kappa shape index (κ1) is 19.3. The van der Waals surface area contributed by atoms with Crippen molar-refractivity contribution >= 4 is 33.7 Å². The van der Waals surface area contributed by atoms with Gasteiger partial charge in [0.05, 0.1) is 34.6 Å². The van der Waals surface area contributed by atoms with Gasteiger partial charge in [-0.1, -0.05) is 6.07 Å². The first-order chi connectivity index (χ1) is 14.5. The Morgan fingerprint density at radius 2 is 1.83 bits per heavy atom. The Kier molecular flexibility index (Phi) is 5.02. The van der Waals surface area contributed by atoms with Crippen molar-refractivity contribution in [1.82, 2.24) is 10.2 Å². The molecule has 4 rings (SSSR count). The number of nitro benzene ring substituents is 1. The van der Waals surface area contributed by atoms with E-state index in [2.05, 4.69) is 15.5 Å². The van der Waals surface area contributed by atoms with Gasteiger partial charge in [-0.2, -0.15) is 0 Å². The van der Waals surface area contributed by atoms with Gasteiger partial charge in [-0.15, -0.1) is 0 Å². The largest absolute Gasteiger partial charge is 0.378 e. The molecular formula is C19H17N5O6. The van der Waals surface area contributed by atoms with E-state index >= 15 is 0 Å². The van der Waals surface area contributed by atoms with E-state index < -0.39 is 21.9 Å². The smallest absolute Gasteiger partial charge is 0.293 e. The zero-order valence-corrected chi connectivity index (χ0v) is 15.6. The number of hydrogen-bond donors (Lipinski definition) is 3. The molecule has 154 valence electrons. The lowest BCUT2D eigenvalue weighted by Crippen LogP contribution is -2.36. The second-order valence-corrected chi connectivity index (χ2v) is 6.65. The Balaban J connectivity index is 1.69. The number of fused-ring (bicyclic) bond motifs is 1. The molecule has 0 atom stereocenters. The number of nitrogens with zero attached hydrogens (tertiary/aromatic N) is 2. The highest BCUT2D eigenvalue weighted by molar-refractivity contribution is 6.09. The van der Waals surface area contributed by atoms with Crippen LogP contribution in [-0.2, 0) is 4.74 Å². The van der Waals surface area contributed by atoms with Crippen LogP contribution in [0.4, 0.5) is 17.1 Å². The van der Waals surface area contributed by atoms with E-state index in [-0.39, 0.29) is 27.7 Å². The average Bonchev–Trinajstić information content (AvgIpc) is 2.76. The summed E-state index contributed by atoms with van der Waals surface area (Å²) in [7, 11) is 0. The van der Waals surface area contributed by atoms with Crippen molar-refractivity contribution in [2.24, 2.45) is 0 Å². The van der Waals surface area contributed by atoms with E-state index in [1.54, 1.807) is 0 Å². The summed E-state index contributed by atoms with van der Waals surface area (Å²) in [5, 5.41) is 18.7. The van der Waals surface area contributed by atoms with E-state index in [4.69, 9.17) is 4.74 Å². The van der Waals surface area contributed by atoms with Crippen molar-refractivity contribution in [2.45, 2.75) is 0 Å². The van der Waals surface area contributed by atoms with Crippen molar-refractivity contribution in [3.63, 3.8) is 0 Å². The Morgan fingerprint density at radius 3 is 2.57 bits per heavy atom. The van der Waals surface area contributed by atoms with Crippen molar-refractivity contribution in [1.29, 1.82) is 0 Å². The van der Waals surface area contributed by atoms with E-state index in [0.717, 1.165) is 0 Å². The number of hydrogen-bond acceptors (Lipinski definition) is 7. The first-order valence-electron chi connectivity index (χ1n) is 9.12. The van der Waals surface area contributed by atoms with Gasteiger partial charge in [0, 0.05) is 24.7 Å². The van der Waals surface area contributed by atoms with Crippen molar-refractivity contribution in [2.75, 3.05) is 36.5 Å². The standard InChI is InChI=1S/C19H17N5O6/c25-17(20-13-3-1-2-12-16(13)19(27)22-21-18(12)26)11-4-5-14(15(10-11)24(28)29)23-6-8-30-9-7-23/h1-5,10H,6-9H2,(H,20,25)(H,21,26)(H,22,27). The van der Waals surface area contributed by atoms with Crippen molar-refractivity contribution in [3.8, 4) is 0 Å². The van der Waals surface area contributed by atoms with E-state index in [1.165, 1.54) is 36.4 Å². The lowest BCUT2D eigenvalue weighted by atomic mass is 10.1. The molecule has 1 saturated heterocycles. The van der Waals surface area contributed by atoms with Crippen LogP contribution in [0.5, 0.6) is 0 Å². The fourth-order valence-corrected chi connectivity index (χ4v) is 3.41. The maximum atomic E-state index is 12.8. The number of carbonyl (C=O) groups excluding carboxylic acids is 1. The Morgan fingerprint density at radius 1 is 1.10 bits per heavy atom. The van der Waals surface area contributed by atoms with E-state index in [0.29, 0.717) is 32.0 Å². The number of nitro groups is 1. The van der Waals surface area contributed by atoms with Gasteiger partial charge < -0.3 is 15.0 Å². The maximum Gasteiger partial charge on any atom is 0.293 e. The minimum Gasteiger partial charge on any atom is -0.378 e. The van der Waals surface area contributed by atoms with Gasteiger partial charge >= 0.3 is 0 Å². The van der Waals surface area contributed by atoms with Crippen LogP contribution < -0.4 is 21.3 Å². The molecule has 1 amide bonds. The van der Waals surface area contributed by atoms with Crippen LogP contribution in [0.15, 0.2) is 46.0 Å². The number of anilines is 2. The fraction of sp³-hybridized carbons (Fsp3) is 0.211. The lowest BCUT2D eigenvalue weighted by Gasteiger charge is -2.28. The number of morpholine rings is 1. The molecule has 2 heterocycles. The third-order valence-electron chi connectivity index (χ3n) is 4.86. The summed E-state index contributed by atoms with van der Waals surface area (Å²) in [4.78, 5) is 49.7. The Hall–Kier alpha value is -3.99. The summed E-state index contributed by atoms with van der Waals surface area (Å²) in [6, 6.07) is 8.67. The number of nitrogens with one attached hydrogen (secondary N) is 3. The first-order valence-corrected chi connectivity index (χ1v) is 9.12. The van der Waals surface area contributed by atoms with E-state index in [9.17, 15) is 24.5 Å². The van der Waals surface area contributed by atoms with Gasteiger partial charge in [-0.05, 0) is 24.3 Å². The Bertz CT molecular complexity index is 1260. The molecule has 1 aliphatic heterocycles. The van der Waals surface area contributed by atoms with Crippen LogP contribution in [0.1, 0.15) is 10.4 Å². The van der Waals surface area contributed by atoms with Crippen LogP contribution in [0, 0.1) is 10.1 Å². The normalized spacial score (nSPS) is 13.9. The van der Waals surface area contributed by atoms with Gasteiger partial charge in [0.25, 0.3) is 22.7 Å². The van der Waals surface area contributed by atoms with Gasteiger partial charge in [-0.3, -0.25) is 34.7 Å². The molecule has 0 spiro atoms. The van der Waals surface area contributed by atoms with Crippen LogP contribution in [0.25, 0.3) is 10.8 Å². The molecule has 3 N–H and O–H groups in total. The van der Waals surface area contributed by atoms with Gasteiger partial charge in [0.1, 0.15) is 5.69 Å². The number of benzene rings is 2. The zero-order valence-electron chi connectivity index (χ0n) is 15.6. The minimum absolute atomic E-state index is 0.0223. The average molecular weight is 411 g/mol. The SMILES string of the molecule is O=C(Nc1cccc2c(=O)[nH][nH]c(=O)c12)c1ccc(N2CCOCC2)c([N+](=O)[O-])c1. The number of rotatable bonds is 4. The summed E-state index contributed by atoms with van der Waals surface area (Å²) >= 11 is 0. The van der Waals surface area contributed by atoms with Crippen molar-refractivity contribution in [3.05, 3.63) is 72.8 Å². The van der Waals surface area contributed by atoms with Crippen LogP contribution in [0.2, 0.25) is 0 Å². The number of ether oxygens (including phenoxy) is 1. The summed E-state index contributed by atoms with van der Waals surface area (Å²) < 4.78 is 5.27. The maximum absolute atomic E-state index is 12.8. The number of aromatic amines is 2. The summed E-state index contributed by atoms with van der Waals surface area (Å²) in [5.41, 5.74) is -0.688. The molecule has 11 heteroatoms. The van der Waals surface area contributed by atoms with Crippen molar-refractivity contribution < 1.29 is 14.5 Å². The molecule has 1 aliphatic rings. The molecule has 1 fully saturated rings. The molecule has 0 bridgehead atoms. The number of amides is 1. The van der Waals surface area contributed by atoms with Gasteiger partial charge in [0.2, 0.25) is 0 Å². The molecule has 0 aliphatic carbocycles. The third kappa shape index (κ3) is 3.53. The lowest BCUT2D eigenvalue weighted by molar-refractivity contribution is -0.384.